The van der Waals surface area contributed by atoms with Crippen LogP contribution >= 0.6 is 15.6 Å². The first-order chi connectivity index (χ1) is 9.27. The lowest BCUT2D eigenvalue weighted by Gasteiger charge is -2.10. The summed E-state index contributed by atoms with van der Waals surface area (Å²) in [6.07, 6.45) is 5.98. The Morgan fingerprint density at radius 2 is 1.45 bits per heavy atom. The van der Waals surface area contributed by atoms with Gasteiger partial charge in [0.2, 0.25) is 0 Å². The minimum absolute atomic E-state index is 0.0567. The fraction of sp³-hybridized carbons (Fsp3) is 0.800. The average molecular weight is 334 g/mol. The highest BCUT2D eigenvalue weighted by Gasteiger charge is 2.33. The van der Waals surface area contributed by atoms with E-state index < -0.39 is 15.6 Å². The van der Waals surface area contributed by atoms with Gasteiger partial charge in [-0.15, -0.1) is 17.8 Å². The molecule has 0 aliphatic heterocycles. The maximum absolute atomic E-state index is 10.9. The minimum Gasteiger partial charge on any atom is -0.302 e. The Morgan fingerprint density at radius 1 is 0.950 bits per heavy atom. The molecule has 0 saturated carbocycles. The van der Waals surface area contributed by atoms with Gasteiger partial charge in [-0.1, -0.05) is 39.0 Å². The lowest BCUT2D eigenvalue weighted by atomic mass is 10.1. The van der Waals surface area contributed by atoms with Crippen molar-refractivity contribution in [2.45, 2.75) is 45.4 Å². The summed E-state index contributed by atoms with van der Waals surface area (Å²) in [4.78, 5) is 29.8. The molecule has 0 aromatic heterocycles. The van der Waals surface area contributed by atoms with Crippen molar-refractivity contribution >= 4 is 15.6 Å². The molecule has 10 heteroatoms. The van der Waals surface area contributed by atoms with Gasteiger partial charge in [-0.25, -0.2) is 14.0 Å². The van der Waals surface area contributed by atoms with E-state index in [1.807, 2.05) is 0 Å². The summed E-state index contributed by atoms with van der Waals surface area (Å²) in [7, 11) is -9.94. The van der Waals surface area contributed by atoms with Crippen LogP contribution in [0.4, 0.5) is 0 Å². The van der Waals surface area contributed by atoms with Gasteiger partial charge in [-0.3, -0.25) is 0 Å². The van der Waals surface area contributed by atoms with Crippen molar-refractivity contribution in [2.75, 3.05) is 6.61 Å². The Hall–Kier alpha value is -0.0400. The summed E-state index contributed by atoms with van der Waals surface area (Å²) in [6, 6.07) is 0. The largest absolute Gasteiger partial charge is 0.508 e. The van der Waals surface area contributed by atoms with Crippen molar-refractivity contribution in [2.24, 2.45) is 0 Å². The highest BCUT2D eigenvalue weighted by atomic mass is 31.3. The molecule has 0 heterocycles. The van der Waals surface area contributed by atoms with Gasteiger partial charge in [0.25, 0.3) is 0 Å². The van der Waals surface area contributed by atoms with Crippen molar-refractivity contribution < 1.29 is 37.7 Å². The van der Waals surface area contributed by atoms with E-state index >= 15 is 0 Å². The molecule has 0 spiro atoms. The molecule has 1 atom stereocenters. The minimum atomic E-state index is -5.08. The van der Waals surface area contributed by atoms with Crippen LogP contribution in [0.2, 0.25) is 0 Å². The highest BCUT2D eigenvalue weighted by molar-refractivity contribution is 7.60. The molecular formula is C10H24O8P2. The molecule has 8 nitrogen and oxygen atoms in total. The normalized spacial score (nSPS) is 14.2. The third kappa shape index (κ3) is 18.0. The maximum atomic E-state index is 10.9. The number of phosphoric acid groups is 2. The second-order valence-corrected chi connectivity index (χ2v) is 6.43. The Balaban J connectivity index is 0. The summed E-state index contributed by atoms with van der Waals surface area (Å²) in [6.45, 7) is 8.16. The van der Waals surface area contributed by atoms with E-state index in [2.05, 4.69) is 34.0 Å². The van der Waals surface area contributed by atoms with Gasteiger partial charge in [0, 0.05) is 0 Å². The Kier molecular flexibility index (Phi) is 14.1. The molecule has 3 N–H and O–H groups in total. The fourth-order valence-corrected chi connectivity index (χ4v) is 2.59. The van der Waals surface area contributed by atoms with Crippen LogP contribution in [0.5, 0.6) is 0 Å². The van der Waals surface area contributed by atoms with Crippen LogP contribution in [0.15, 0.2) is 13.2 Å². The first-order valence-corrected chi connectivity index (χ1v) is 9.20. The molecule has 0 aliphatic carbocycles. The van der Waals surface area contributed by atoms with Crippen molar-refractivity contribution in [3.05, 3.63) is 13.2 Å². The van der Waals surface area contributed by atoms with Crippen LogP contribution < -0.4 is 0 Å². The quantitative estimate of drug-likeness (QED) is 0.173. The third-order valence-corrected chi connectivity index (χ3v) is 3.91. The molecule has 0 saturated heterocycles. The highest BCUT2D eigenvalue weighted by Crippen LogP contribution is 2.57. The third-order valence-electron chi connectivity index (χ3n) is 1.94. The number of hydrogen-bond acceptors (Lipinski definition) is 5. The van der Waals surface area contributed by atoms with Crippen molar-refractivity contribution in [1.29, 1.82) is 0 Å². The SMILES string of the molecule is C=C.CCCCCCCCOOP(=O)(O)OP(=O)(O)O. The van der Waals surface area contributed by atoms with Crippen LogP contribution in [0.1, 0.15) is 45.4 Å². The summed E-state index contributed by atoms with van der Waals surface area (Å²) in [5.74, 6) is 0. The van der Waals surface area contributed by atoms with Gasteiger partial charge in [-0.2, -0.15) is 4.31 Å². The predicted octanol–water partition coefficient (Wildman–Crippen LogP) is 3.31. The van der Waals surface area contributed by atoms with Gasteiger partial charge in [0.1, 0.15) is 0 Å². The molecule has 0 aliphatic rings. The van der Waals surface area contributed by atoms with Crippen LogP contribution in [-0.2, 0) is 23.0 Å². The second-order valence-electron chi connectivity index (χ2n) is 3.71. The van der Waals surface area contributed by atoms with Gasteiger partial charge in [0.05, 0.1) is 6.61 Å². The van der Waals surface area contributed by atoms with Crippen LogP contribution in [-0.4, -0.2) is 21.3 Å². The van der Waals surface area contributed by atoms with Gasteiger partial charge in [-0.05, 0) is 6.42 Å². The molecule has 0 aromatic rings. The van der Waals surface area contributed by atoms with Crippen molar-refractivity contribution in [1.82, 2.24) is 0 Å². The lowest BCUT2D eigenvalue weighted by molar-refractivity contribution is -0.221. The maximum Gasteiger partial charge on any atom is 0.508 e. The smallest absolute Gasteiger partial charge is 0.302 e. The molecule has 20 heavy (non-hydrogen) atoms. The number of hydrogen-bond donors (Lipinski definition) is 3. The van der Waals surface area contributed by atoms with Gasteiger partial charge >= 0.3 is 15.6 Å². The molecule has 1 unspecified atom stereocenters. The number of unbranched alkanes of at least 4 members (excludes halogenated alkanes) is 5. The van der Waals surface area contributed by atoms with E-state index in [-0.39, 0.29) is 6.61 Å². The zero-order valence-electron chi connectivity index (χ0n) is 11.6. The van der Waals surface area contributed by atoms with E-state index in [4.69, 9.17) is 14.7 Å². The molecule has 0 aromatic carbocycles. The molecule has 0 fully saturated rings. The summed E-state index contributed by atoms with van der Waals surface area (Å²) in [5, 5.41) is 0. The van der Waals surface area contributed by atoms with Gasteiger partial charge in [0.15, 0.2) is 0 Å². The van der Waals surface area contributed by atoms with E-state index in [0.717, 1.165) is 25.7 Å². The monoisotopic (exact) mass is 334 g/mol. The summed E-state index contributed by atoms with van der Waals surface area (Å²) < 4.78 is 28.6. The number of rotatable bonds is 11. The summed E-state index contributed by atoms with van der Waals surface area (Å²) in [5.41, 5.74) is 0. The Bertz CT molecular complexity index is 316. The second kappa shape index (κ2) is 12.7. The predicted molar refractivity (Wildman–Crippen MR) is 74.6 cm³/mol. The van der Waals surface area contributed by atoms with Crippen molar-refractivity contribution in [3.8, 4) is 0 Å². The van der Waals surface area contributed by atoms with Gasteiger partial charge < -0.3 is 14.7 Å². The van der Waals surface area contributed by atoms with E-state index in [1.165, 1.54) is 6.42 Å². The average Bonchev–Trinajstić information content (AvgIpc) is 2.32. The molecule has 0 bridgehead atoms. The van der Waals surface area contributed by atoms with Crippen molar-refractivity contribution in [3.63, 3.8) is 0 Å². The zero-order valence-corrected chi connectivity index (χ0v) is 13.4. The van der Waals surface area contributed by atoms with Crippen LogP contribution in [0, 0.1) is 0 Å². The van der Waals surface area contributed by atoms with E-state index in [9.17, 15) is 9.13 Å². The zero-order chi connectivity index (χ0) is 16.1. The standard InChI is InChI=1S/C8H20O8P2.C2H4/c1-2-3-4-5-6-7-8-14-15-18(12,13)16-17(9,10)11;1-2/h2-8H2,1H3,(H,12,13)(H2,9,10,11);1-2H2. The Labute approximate surface area is 119 Å². The topological polar surface area (TPSA) is 123 Å². The Morgan fingerprint density at radius 3 is 1.95 bits per heavy atom. The molecule has 0 radical (unpaired) electrons. The van der Waals surface area contributed by atoms with Crippen LogP contribution in [0.25, 0.3) is 0 Å². The summed E-state index contributed by atoms with van der Waals surface area (Å²) >= 11 is 0. The molecular weight excluding hydrogens is 310 g/mol. The first-order valence-electron chi connectivity index (χ1n) is 6.18. The lowest BCUT2D eigenvalue weighted by Crippen LogP contribution is -1.98. The van der Waals surface area contributed by atoms with E-state index in [1.54, 1.807) is 0 Å². The van der Waals surface area contributed by atoms with Crippen LogP contribution in [0.3, 0.4) is 0 Å². The van der Waals surface area contributed by atoms with E-state index in [0.29, 0.717) is 6.42 Å². The molecule has 122 valence electrons. The molecule has 0 rings (SSSR count). The fourth-order valence-electron chi connectivity index (χ4n) is 1.19. The molecule has 0 amide bonds. The first kappa shape index (κ1) is 22.2.